The first-order valence-electron chi connectivity index (χ1n) is 9.02. The molecule has 1 aromatic carbocycles. The highest BCUT2D eigenvalue weighted by Crippen LogP contribution is 2.28. The number of benzene rings is 1. The molecule has 20 heavy (non-hydrogen) atoms. The first kappa shape index (κ1) is 14.2. The molecule has 0 aromatic heterocycles. The fourth-order valence-electron chi connectivity index (χ4n) is 4.18. The number of rotatable bonds is 5. The zero-order valence-electron chi connectivity index (χ0n) is 13.0. The van der Waals surface area contributed by atoms with E-state index < -0.39 is 0 Å². The van der Waals surface area contributed by atoms with Crippen LogP contribution in [0.5, 0.6) is 0 Å². The largest absolute Gasteiger partial charge is 0.0588 e. The fraction of sp³-hybridized carbons (Fsp3) is 0.700. The Morgan fingerprint density at radius 3 is 2.45 bits per heavy atom. The molecule has 0 nitrogen and oxygen atoms in total. The summed E-state index contributed by atoms with van der Waals surface area (Å²) in [7, 11) is 0. The number of unbranched alkanes of at least 4 members (excludes halogenated alkanes) is 1. The van der Waals surface area contributed by atoms with Gasteiger partial charge in [-0.2, -0.15) is 0 Å². The lowest BCUT2D eigenvalue weighted by Gasteiger charge is -2.21. The molecule has 0 heterocycles. The predicted molar refractivity (Wildman–Crippen MR) is 87.2 cm³/mol. The zero-order chi connectivity index (χ0) is 13.6. The van der Waals surface area contributed by atoms with E-state index in [0.29, 0.717) is 0 Å². The Kier molecular flexibility index (Phi) is 5.17. The first-order chi connectivity index (χ1) is 9.92. The molecule has 0 radical (unpaired) electrons. The molecule has 0 aliphatic heterocycles. The van der Waals surface area contributed by atoms with E-state index in [1.165, 1.54) is 83.5 Å². The van der Waals surface area contributed by atoms with Crippen LogP contribution in [-0.2, 0) is 19.3 Å². The number of fused-ring (bicyclic) bond motifs is 1. The van der Waals surface area contributed by atoms with E-state index in [4.69, 9.17) is 0 Å². The second-order valence-electron chi connectivity index (χ2n) is 7.06. The predicted octanol–water partition coefficient (Wildman–Crippen LogP) is 5.86. The van der Waals surface area contributed by atoms with Crippen molar-refractivity contribution in [3.63, 3.8) is 0 Å². The number of aryl methyl sites for hydroxylation is 3. The Morgan fingerprint density at radius 2 is 1.60 bits per heavy atom. The molecule has 110 valence electrons. The number of hydrogen-bond acceptors (Lipinski definition) is 0. The third-order valence-electron chi connectivity index (χ3n) is 5.47. The zero-order valence-corrected chi connectivity index (χ0v) is 13.0. The van der Waals surface area contributed by atoms with Gasteiger partial charge in [-0.3, -0.25) is 0 Å². The third-order valence-corrected chi connectivity index (χ3v) is 5.47. The molecular weight excluding hydrogens is 240 g/mol. The summed E-state index contributed by atoms with van der Waals surface area (Å²) in [4.78, 5) is 0. The van der Waals surface area contributed by atoms with Crippen LogP contribution in [0.15, 0.2) is 18.2 Å². The van der Waals surface area contributed by atoms with Gasteiger partial charge in [0.15, 0.2) is 0 Å². The summed E-state index contributed by atoms with van der Waals surface area (Å²) in [5.74, 6) is 1.06. The van der Waals surface area contributed by atoms with Crippen LogP contribution in [0.1, 0.15) is 80.9 Å². The van der Waals surface area contributed by atoms with Crippen LogP contribution >= 0.6 is 0 Å². The van der Waals surface area contributed by atoms with Crippen molar-refractivity contribution in [1.29, 1.82) is 0 Å². The van der Waals surface area contributed by atoms with Crippen LogP contribution in [0.4, 0.5) is 0 Å². The fourth-order valence-corrected chi connectivity index (χ4v) is 4.18. The lowest BCUT2D eigenvalue weighted by atomic mass is 9.85. The summed E-state index contributed by atoms with van der Waals surface area (Å²) in [6.45, 7) is 0. The molecule has 1 saturated carbocycles. The Bertz CT molecular complexity index is 412. The van der Waals surface area contributed by atoms with Crippen LogP contribution in [0.3, 0.4) is 0 Å². The van der Waals surface area contributed by atoms with E-state index in [9.17, 15) is 0 Å². The van der Waals surface area contributed by atoms with Gasteiger partial charge in [-0.05, 0) is 61.1 Å². The van der Waals surface area contributed by atoms with Crippen LogP contribution in [0.2, 0.25) is 0 Å². The average Bonchev–Trinajstić information content (AvgIpc) is 2.52. The molecule has 0 amide bonds. The highest BCUT2D eigenvalue weighted by molar-refractivity contribution is 5.33. The van der Waals surface area contributed by atoms with Crippen molar-refractivity contribution in [3.05, 3.63) is 34.9 Å². The van der Waals surface area contributed by atoms with E-state index >= 15 is 0 Å². The molecule has 3 rings (SSSR count). The quantitative estimate of drug-likeness (QED) is 0.588. The first-order valence-corrected chi connectivity index (χ1v) is 9.02. The summed E-state index contributed by atoms with van der Waals surface area (Å²) in [5.41, 5.74) is 4.87. The van der Waals surface area contributed by atoms with Gasteiger partial charge in [-0.15, -0.1) is 0 Å². The molecule has 1 aromatic rings. The van der Waals surface area contributed by atoms with Gasteiger partial charge in [0.2, 0.25) is 0 Å². The summed E-state index contributed by atoms with van der Waals surface area (Å²) in [6, 6.07) is 7.31. The Hall–Kier alpha value is -0.780. The smallest absolute Gasteiger partial charge is 0.0276 e. The van der Waals surface area contributed by atoms with Crippen molar-refractivity contribution in [3.8, 4) is 0 Å². The van der Waals surface area contributed by atoms with Crippen LogP contribution < -0.4 is 0 Å². The van der Waals surface area contributed by atoms with Crippen LogP contribution in [-0.4, -0.2) is 0 Å². The summed E-state index contributed by atoms with van der Waals surface area (Å²) in [6.07, 6.45) is 18.6. The van der Waals surface area contributed by atoms with Crippen molar-refractivity contribution in [2.24, 2.45) is 5.92 Å². The van der Waals surface area contributed by atoms with Crippen molar-refractivity contribution in [1.82, 2.24) is 0 Å². The van der Waals surface area contributed by atoms with Gasteiger partial charge in [-0.1, -0.05) is 63.1 Å². The molecule has 0 saturated heterocycles. The van der Waals surface area contributed by atoms with Gasteiger partial charge >= 0.3 is 0 Å². The number of hydrogen-bond donors (Lipinski definition) is 0. The van der Waals surface area contributed by atoms with Crippen molar-refractivity contribution in [2.45, 2.75) is 83.5 Å². The van der Waals surface area contributed by atoms with E-state index in [2.05, 4.69) is 18.2 Å². The maximum absolute atomic E-state index is 2.51. The maximum Gasteiger partial charge on any atom is -0.0276 e. The van der Waals surface area contributed by atoms with Gasteiger partial charge in [0, 0.05) is 0 Å². The summed E-state index contributed by atoms with van der Waals surface area (Å²) < 4.78 is 0. The summed E-state index contributed by atoms with van der Waals surface area (Å²) in [5, 5.41) is 0. The molecule has 2 aliphatic carbocycles. The lowest BCUT2D eigenvalue weighted by Crippen LogP contribution is -2.06. The molecule has 1 fully saturated rings. The Labute approximate surface area is 125 Å². The molecule has 0 N–H and O–H groups in total. The Balaban J connectivity index is 1.41. The van der Waals surface area contributed by atoms with E-state index in [0.717, 1.165) is 5.92 Å². The van der Waals surface area contributed by atoms with Gasteiger partial charge in [0.05, 0.1) is 0 Å². The molecule has 0 bridgehead atoms. The lowest BCUT2D eigenvalue weighted by molar-refractivity contribution is 0.330. The Morgan fingerprint density at radius 1 is 0.800 bits per heavy atom. The minimum Gasteiger partial charge on any atom is -0.0588 e. The average molecular weight is 270 g/mol. The highest BCUT2D eigenvalue weighted by atomic mass is 14.2. The third kappa shape index (κ3) is 3.87. The standard InChI is InChI=1S/C20H30/c1-2-8-17(9-3-1)10-4-5-11-18-14-15-19-12-6-7-13-20(19)16-18/h14-17H,1-13H2. The van der Waals surface area contributed by atoms with E-state index in [1.807, 2.05) is 0 Å². The minimum atomic E-state index is 1.06. The second-order valence-corrected chi connectivity index (χ2v) is 7.06. The van der Waals surface area contributed by atoms with Crippen LogP contribution in [0, 0.1) is 5.92 Å². The van der Waals surface area contributed by atoms with Crippen molar-refractivity contribution in [2.75, 3.05) is 0 Å². The SMILES string of the molecule is c1cc2c(cc1CCCCC1CCCCC1)CCCC2. The topological polar surface area (TPSA) is 0 Å². The molecule has 0 heteroatoms. The van der Waals surface area contributed by atoms with Gasteiger partial charge < -0.3 is 0 Å². The monoisotopic (exact) mass is 270 g/mol. The molecule has 0 atom stereocenters. The molecular formula is C20H30. The van der Waals surface area contributed by atoms with Crippen molar-refractivity contribution >= 4 is 0 Å². The van der Waals surface area contributed by atoms with Gasteiger partial charge in [0.1, 0.15) is 0 Å². The summed E-state index contributed by atoms with van der Waals surface area (Å²) >= 11 is 0. The molecule has 0 spiro atoms. The van der Waals surface area contributed by atoms with Gasteiger partial charge in [-0.25, -0.2) is 0 Å². The maximum atomic E-state index is 2.51. The van der Waals surface area contributed by atoms with E-state index in [1.54, 1.807) is 16.7 Å². The minimum absolute atomic E-state index is 1.06. The van der Waals surface area contributed by atoms with Crippen LogP contribution in [0.25, 0.3) is 0 Å². The normalized spacial score (nSPS) is 19.8. The van der Waals surface area contributed by atoms with Crippen molar-refractivity contribution < 1.29 is 0 Å². The molecule has 2 aliphatic rings. The highest BCUT2D eigenvalue weighted by Gasteiger charge is 2.13. The van der Waals surface area contributed by atoms with Gasteiger partial charge in [0.25, 0.3) is 0 Å². The molecule has 0 unspecified atom stereocenters. The second kappa shape index (κ2) is 7.29. The van der Waals surface area contributed by atoms with E-state index in [-0.39, 0.29) is 0 Å².